The molecule has 0 amide bonds. The van der Waals surface area contributed by atoms with Crippen molar-refractivity contribution in [1.82, 2.24) is 24.9 Å². The van der Waals surface area contributed by atoms with Gasteiger partial charge < -0.3 is 114 Å². The molecule has 0 aromatic carbocycles. The molecule has 5 aromatic rings. The smallest absolute Gasteiger partial charge is 0.152 e. The maximum atomic E-state index is 6.06. The average Bonchev–Trinajstić information content (AvgIpc) is 0.906. The van der Waals surface area contributed by atoms with Gasteiger partial charge in [0, 0.05) is 96.8 Å². The van der Waals surface area contributed by atoms with E-state index in [4.69, 9.17) is 66.8 Å². The SMILES string of the molecule is CC[N+](C)(CC)CC1CN(c2ncc(N)cc2N)CCO1.C[N+](C)(C)C1CCN(c2ncc(N)cc2N)CC1.C[N+](C)(C)CC1CCCN(c2ncc(N)cc2N)C1.C[N+]1(CC2CN(c3ncc(N)cc3N)CCO2)CCCC1.C[NH+](C)C1CCN(c2ncc(N)cc2N)CC1. The molecule has 6 saturated heterocycles. The number of piperidine rings is 3. The van der Waals surface area contributed by atoms with Gasteiger partial charge in [0.15, 0.2) is 29.1 Å². The van der Waals surface area contributed by atoms with Crippen molar-refractivity contribution in [2.24, 2.45) is 5.92 Å². The summed E-state index contributed by atoms with van der Waals surface area (Å²) in [5, 5.41) is 0. The standard InChI is InChI=1S/C15H26N5O.C15H28N5O.C14H26N5.C13H24N5.C12H21N5/c1-20(5-2-3-6-20)11-13-10-19(4-7-21-13)15-14(17)8-12(16)9-18-15;1-4-20(3,5-2)11-13-10-19(6-7-21-13)15-14(17)8-12(16)9-18-15;1-19(2,3)10-11-5-4-6-18(9-11)14-13(16)7-12(15)8-17-14;1-18(2,3)11-4-6-17(7-5-11)13-12(15)8-10(14)9-16-13;1-16(2)10-3-5-17(6-4-10)12-11(14)7-9(13)8-15-12/h8-9,13H,2-7,10-11,16-17H2,1H3;8-9,13H,4-7,10-11,16-17H2,1-3H3;7-8,11H,4-6,9-10,15-16H2,1-3H3;8-9,11H,4-7,14-15H2,1-3H3;7-8,10H,3-6,13-14H2,1-2H3/q4*+1;/p+1. The van der Waals surface area contributed by atoms with Crippen molar-refractivity contribution in [3.63, 3.8) is 0 Å². The van der Waals surface area contributed by atoms with Crippen LogP contribution < -0.4 is 86.7 Å². The van der Waals surface area contributed by atoms with Gasteiger partial charge in [-0.25, -0.2) is 24.9 Å². The van der Waals surface area contributed by atoms with Gasteiger partial charge >= 0.3 is 0 Å². The van der Waals surface area contributed by atoms with Gasteiger partial charge in [-0.15, -0.1) is 0 Å². The number of anilines is 15. The average molecular weight is 1340 g/mol. The zero-order valence-corrected chi connectivity index (χ0v) is 60.6. The highest BCUT2D eigenvalue weighted by Crippen LogP contribution is 2.32. The Labute approximate surface area is 574 Å². The molecule has 27 nitrogen and oxygen atoms in total. The lowest BCUT2D eigenvalue weighted by atomic mass is 9.97. The lowest BCUT2D eigenvalue weighted by Crippen LogP contribution is -3.10. The summed E-state index contributed by atoms with van der Waals surface area (Å²) in [4.78, 5) is 34.7. The third kappa shape index (κ3) is 22.5. The lowest BCUT2D eigenvalue weighted by Gasteiger charge is -2.40. The molecule has 0 aliphatic carbocycles. The predicted octanol–water partition coefficient (Wildman–Crippen LogP) is 3.08. The molecule has 6 fully saturated rings. The summed E-state index contributed by atoms with van der Waals surface area (Å²) in [5.41, 5.74) is 65.0. The van der Waals surface area contributed by atoms with Gasteiger partial charge in [0.1, 0.15) is 25.3 Å². The van der Waals surface area contributed by atoms with Crippen LogP contribution in [0.1, 0.15) is 65.2 Å². The van der Waals surface area contributed by atoms with Crippen LogP contribution in [0.25, 0.3) is 0 Å². The van der Waals surface area contributed by atoms with Crippen molar-refractivity contribution in [1.29, 1.82) is 0 Å². The van der Waals surface area contributed by atoms with Crippen LogP contribution in [0, 0.1) is 5.92 Å². The summed E-state index contributed by atoms with van der Waals surface area (Å²) >= 11 is 0. The van der Waals surface area contributed by atoms with Gasteiger partial charge in [-0.05, 0) is 57.0 Å². The second-order valence-corrected chi connectivity index (χ2v) is 30.3. The van der Waals surface area contributed by atoms with Gasteiger partial charge in [0.2, 0.25) is 0 Å². The van der Waals surface area contributed by atoms with Crippen LogP contribution in [0.5, 0.6) is 0 Å². The molecule has 11 heterocycles. The van der Waals surface area contributed by atoms with Crippen molar-refractivity contribution in [2.45, 2.75) is 89.5 Å². The number of likely N-dealkylation sites (tertiary alicyclic amines) is 1. The molecule has 0 saturated carbocycles. The molecule has 3 atom stereocenters. The molecule has 11 rings (SSSR count). The van der Waals surface area contributed by atoms with Crippen LogP contribution in [-0.4, -0.2) is 262 Å². The molecular weight excluding hydrogens is 1210 g/mol. The first kappa shape index (κ1) is 75.8. The Morgan fingerprint density at radius 2 is 0.823 bits per heavy atom. The molecular formula is C69H126N25O2+5. The number of hydrogen-bond acceptors (Lipinski definition) is 22. The van der Waals surface area contributed by atoms with Crippen molar-refractivity contribution >= 4 is 86.0 Å². The van der Waals surface area contributed by atoms with E-state index < -0.39 is 0 Å². The number of nitrogen functional groups attached to an aromatic ring is 10. The topological polar surface area (TPSA) is 364 Å². The van der Waals surface area contributed by atoms with E-state index >= 15 is 0 Å². The number of quaternary nitrogens is 5. The third-order valence-electron chi connectivity index (χ3n) is 20.0. The van der Waals surface area contributed by atoms with E-state index in [2.05, 4.69) is 134 Å². The molecule has 6 aliphatic heterocycles. The van der Waals surface area contributed by atoms with Gasteiger partial charge in [-0.3, -0.25) is 0 Å². The van der Waals surface area contributed by atoms with Crippen LogP contribution >= 0.6 is 0 Å². The van der Waals surface area contributed by atoms with Crippen molar-refractivity contribution < 1.29 is 32.3 Å². The van der Waals surface area contributed by atoms with Gasteiger partial charge in [0.25, 0.3) is 0 Å². The summed E-state index contributed by atoms with van der Waals surface area (Å²) < 4.78 is 16.1. The molecule has 534 valence electrons. The van der Waals surface area contributed by atoms with Crippen LogP contribution in [0.2, 0.25) is 0 Å². The van der Waals surface area contributed by atoms with E-state index in [9.17, 15) is 0 Å². The summed E-state index contributed by atoms with van der Waals surface area (Å²) in [7, 11) is 22.6. The fourth-order valence-corrected chi connectivity index (χ4v) is 14.3. The second-order valence-electron chi connectivity index (χ2n) is 30.3. The van der Waals surface area contributed by atoms with Crippen LogP contribution in [-0.2, 0) is 9.47 Å². The molecule has 0 spiro atoms. The molecule has 0 bridgehead atoms. The Balaban J connectivity index is 0.000000170. The zero-order valence-electron chi connectivity index (χ0n) is 60.6. The molecule has 5 aromatic heterocycles. The lowest BCUT2D eigenvalue weighted by molar-refractivity contribution is -0.909. The number of ether oxygens (including phenoxy) is 2. The Hall–Kier alpha value is -7.53. The highest BCUT2D eigenvalue weighted by Gasteiger charge is 2.36. The summed E-state index contributed by atoms with van der Waals surface area (Å²) in [5.74, 6) is 5.00. The maximum Gasteiger partial charge on any atom is 0.152 e. The van der Waals surface area contributed by atoms with E-state index in [1.807, 2.05) is 0 Å². The van der Waals surface area contributed by atoms with E-state index in [0.717, 1.165) is 157 Å². The van der Waals surface area contributed by atoms with Crippen molar-refractivity contribution in [3.8, 4) is 0 Å². The number of aromatic nitrogens is 5. The quantitative estimate of drug-likeness (QED) is 0.0671. The number of morpholine rings is 2. The number of nitrogens with two attached hydrogens (primary N) is 10. The highest BCUT2D eigenvalue weighted by molar-refractivity contribution is 5.70. The number of likely N-dealkylation sites (N-methyl/N-ethyl adjacent to an activating group) is 2. The number of rotatable bonds is 15. The van der Waals surface area contributed by atoms with E-state index in [0.29, 0.717) is 69.4 Å². The minimum absolute atomic E-state index is 0.211. The van der Waals surface area contributed by atoms with Gasteiger partial charge in [-0.2, -0.15) is 0 Å². The first-order valence-electron chi connectivity index (χ1n) is 34.9. The molecule has 21 N–H and O–H groups in total. The van der Waals surface area contributed by atoms with Crippen LogP contribution in [0.15, 0.2) is 61.3 Å². The van der Waals surface area contributed by atoms with E-state index in [1.54, 1.807) is 61.3 Å². The number of pyridine rings is 5. The number of nitrogens with one attached hydrogen (secondary N) is 1. The Bertz CT molecular complexity index is 3110. The monoisotopic (exact) mass is 1340 g/mol. The van der Waals surface area contributed by atoms with Crippen molar-refractivity contribution in [2.75, 3.05) is 277 Å². The first-order chi connectivity index (χ1) is 45.3. The van der Waals surface area contributed by atoms with Crippen LogP contribution in [0.4, 0.5) is 86.0 Å². The summed E-state index contributed by atoms with van der Waals surface area (Å²) in [6, 6.07) is 10.4. The molecule has 96 heavy (non-hydrogen) atoms. The van der Waals surface area contributed by atoms with Gasteiger partial charge in [-0.1, -0.05) is 0 Å². The Morgan fingerprint density at radius 1 is 0.458 bits per heavy atom. The summed E-state index contributed by atoms with van der Waals surface area (Å²) in [6.07, 6.45) is 18.7. The summed E-state index contributed by atoms with van der Waals surface area (Å²) in [6.45, 7) is 23.4. The van der Waals surface area contributed by atoms with Crippen LogP contribution in [0.3, 0.4) is 0 Å². The second kappa shape index (κ2) is 34.1. The van der Waals surface area contributed by atoms with E-state index in [1.165, 1.54) is 75.9 Å². The minimum Gasteiger partial charge on any atom is -0.397 e. The molecule has 6 aliphatic rings. The first-order valence-corrected chi connectivity index (χ1v) is 34.9. The minimum atomic E-state index is 0.211. The molecule has 0 radical (unpaired) electrons. The maximum absolute atomic E-state index is 6.06. The Morgan fingerprint density at radius 3 is 1.19 bits per heavy atom. The zero-order chi connectivity index (χ0) is 70.1. The fraction of sp³-hybridized carbons (Fsp3) is 0.638. The molecule has 27 heteroatoms. The van der Waals surface area contributed by atoms with Crippen molar-refractivity contribution in [3.05, 3.63) is 61.3 Å². The highest BCUT2D eigenvalue weighted by atomic mass is 16.5. The van der Waals surface area contributed by atoms with Gasteiger partial charge in [0.05, 0.1) is 229 Å². The fourth-order valence-electron chi connectivity index (χ4n) is 14.3. The number of nitrogens with zero attached hydrogens (tertiary/aromatic N) is 14. The Kier molecular flexibility index (Phi) is 26.9. The van der Waals surface area contributed by atoms with E-state index in [-0.39, 0.29) is 12.2 Å². The molecule has 3 unspecified atom stereocenters. The largest absolute Gasteiger partial charge is 0.397 e. The normalized spacial score (nSPS) is 20.4. The number of hydrogen-bond donors (Lipinski definition) is 11. The third-order valence-corrected chi connectivity index (χ3v) is 20.0. The predicted molar refractivity (Wildman–Crippen MR) is 401 cm³/mol.